The first-order valence-electron chi connectivity index (χ1n) is 5.97. The minimum atomic E-state index is -0.142. The summed E-state index contributed by atoms with van der Waals surface area (Å²) in [5.74, 6) is 1.74. The van der Waals surface area contributed by atoms with Crippen molar-refractivity contribution in [2.75, 3.05) is 13.7 Å². The highest BCUT2D eigenvalue weighted by Crippen LogP contribution is 2.25. The van der Waals surface area contributed by atoms with E-state index in [0.29, 0.717) is 6.54 Å². The van der Waals surface area contributed by atoms with Crippen LogP contribution >= 0.6 is 0 Å². The average Bonchev–Trinajstić information content (AvgIpc) is 2.89. The number of nitrogens with zero attached hydrogens (tertiary/aromatic N) is 1. The molecule has 1 aromatic carbocycles. The molecule has 0 spiro atoms. The number of imidazole rings is 1. The maximum Gasteiger partial charge on any atom is 0.119 e. The van der Waals surface area contributed by atoms with Crippen molar-refractivity contribution in [3.05, 3.63) is 36.3 Å². The zero-order valence-corrected chi connectivity index (χ0v) is 11.0. The Hall–Kier alpha value is -1.81. The zero-order valence-electron chi connectivity index (χ0n) is 11.0. The van der Waals surface area contributed by atoms with Crippen molar-refractivity contribution in [2.24, 2.45) is 5.73 Å². The Labute approximate surface area is 107 Å². The highest BCUT2D eigenvalue weighted by molar-refractivity contribution is 5.60. The fourth-order valence-corrected chi connectivity index (χ4v) is 1.70. The van der Waals surface area contributed by atoms with Crippen LogP contribution in [0.1, 0.15) is 19.7 Å². The SMILES string of the molecule is COc1cccc(-c2cnc(C(C)(C)CN)[nH]2)c1. The molecule has 18 heavy (non-hydrogen) atoms. The average molecular weight is 245 g/mol. The van der Waals surface area contributed by atoms with Crippen molar-refractivity contribution >= 4 is 0 Å². The van der Waals surface area contributed by atoms with Gasteiger partial charge in [-0.3, -0.25) is 0 Å². The topological polar surface area (TPSA) is 63.9 Å². The fourth-order valence-electron chi connectivity index (χ4n) is 1.70. The number of ether oxygens (including phenoxy) is 1. The van der Waals surface area contributed by atoms with Crippen LogP contribution in [0.25, 0.3) is 11.3 Å². The van der Waals surface area contributed by atoms with Crippen molar-refractivity contribution in [3.8, 4) is 17.0 Å². The molecule has 0 saturated heterocycles. The molecule has 4 heteroatoms. The normalized spacial score (nSPS) is 11.6. The standard InChI is InChI=1S/C14H19N3O/c1-14(2,9-15)13-16-8-12(17-13)10-5-4-6-11(7-10)18-3/h4-8H,9,15H2,1-3H3,(H,16,17). The molecule has 0 amide bonds. The van der Waals surface area contributed by atoms with Gasteiger partial charge in [0, 0.05) is 17.5 Å². The lowest BCUT2D eigenvalue weighted by Crippen LogP contribution is -2.29. The van der Waals surface area contributed by atoms with Crippen LogP contribution < -0.4 is 10.5 Å². The molecular weight excluding hydrogens is 226 g/mol. The summed E-state index contributed by atoms with van der Waals surface area (Å²) in [5, 5.41) is 0. The summed E-state index contributed by atoms with van der Waals surface area (Å²) < 4.78 is 5.22. The Balaban J connectivity index is 2.35. The second-order valence-corrected chi connectivity index (χ2v) is 4.97. The zero-order chi connectivity index (χ0) is 13.2. The van der Waals surface area contributed by atoms with Crippen molar-refractivity contribution < 1.29 is 4.74 Å². The molecule has 0 atom stereocenters. The number of aromatic amines is 1. The first-order chi connectivity index (χ1) is 8.56. The number of methoxy groups -OCH3 is 1. The summed E-state index contributed by atoms with van der Waals surface area (Å²) in [5.41, 5.74) is 7.64. The smallest absolute Gasteiger partial charge is 0.119 e. The van der Waals surface area contributed by atoms with E-state index < -0.39 is 0 Å². The van der Waals surface area contributed by atoms with E-state index in [1.165, 1.54) is 0 Å². The predicted octanol–water partition coefficient (Wildman–Crippen LogP) is 2.32. The number of rotatable bonds is 4. The lowest BCUT2D eigenvalue weighted by atomic mass is 9.93. The van der Waals surface area contributed by atoms with Crippen LogP contribution in [0.15, 0.2) is 30.5 Å². The van der Waals surface area contributed by atoms with Gasteiger partial charge in [0.1, 0.15) is 11.6 Å². The summed E-state index contributed by atoms with van der Waals surface area (Å²) in [7, 11) is 1.66. The molecule has 2 aromatic rings. The van der Waals surface area contributed by atoms with Gasteiger partial charge in [-0.1, -0.05) is 26.0 Å². The Morgan fingerprint density at radius 2 is 2.17 bits per heavy atom. The van der Waals surface area contributed by atoms with E-state index in [4.69, 9.17) is 10.5 Å². The van der Waals surface area contributed by atoms with Crippen LogP contribution in [-0.2, 0) is 5.41 Å². The third-order valence-electron chi connectivity index (χ3n) is 3.11. The second kappa shape index (κ2) is 4.82. The minimum absolute atomic E-state index is 0.142. The van der Waals surface area contributed by atoms with E-state index in [1.807, 2.05) is 30.5 Å². The number of H-pyrrole nitrogens is 1. The molecule has 0 saturated carbocycles. The van der Waals surface area contributed by atoms with Crippen molar-refractivity contribution in [1.29, 1.82) is 0 Å². The number of hydrogen-bond acceptors (Lipinski definition) is 3. The van der Waals surface area contributed by atoms with Gasteiger partial charge in [0.15, 0.2) is 0 Å². The van der Waals surface area contributed by atoms with Gasteiger partial charge < -0.3 is 15.5 Å². The van der Waals surface area contributed by atoms with Crippen LogP contribution in [-0.4, -0.2) is 23.6 Å². The summed E-state index contributed by atoms with van der Waals surface area (Å²) in [6, 6.07) is 7.88. The van der Waals surface area contributed by atoms with Crippen molar-refractivity contribution in [1.82, 2.24) is 9.97 Å². The van der Waals surface area contributed by atoms with E-state index >= 15 is 0 Å². The lowest BCUT2D eigenvalue weighted by molar-refractivity contribution is 0.415. The molecule has 1 aromatic heterocycles. The first-order valence-corrected chi connectivity index (χ1v) is 5.97. The van der Waals surface area contributed by atoms with E-state index in [0.717, 1.165) is 22.8 Å². The van der Waals surface area contributed by atoms with Crippen LogP contribution in [0.5, 0.6) is 5.75 Å². The van der Waals surface area contributed by atoms with Gasteiger partial charge in [-0.05, 0) is 12.1 Å². The number of nitrogens with one attached hydrogen (secondary N) is 1. The summed E-state index contributed by atoms with van der Waals surface area (Å²) in [4.78, 5) is 7.74. The summed E-state index contributed by atoms with van der Waals surface area (Å²) in [6.07, 6.45) is 1.83. The first kappa shape index (κ1) is 12.6. The Morgan fingerprint density at radius 3 is 2.83 bits per heavy atom. The molecule has 0 bridgehead atoms. The fraction of sp³-hybridized carbons (Fsp3) is 0.357. The quantitative estimate of drug-likeness (QED) is 0.868. The maximum atomic E-state index is 5.75. The number of hydrogen-bond donors (Lipinski definition) is 2. The highest BCUT2D eigenvalue weighted by Gasteiger charge is 2.22. The van der Waals surface area contributed by atoms with E-state index in [9.17, 15) is 0 Å². The van der Waals surface area contributed by atoms with Gasteiger partial charge in [-0.2, -0.15) is 0 Å². The Kier molecular flexibility index (Phi) is 3.39. The third kappa shape index (κ3) is 2.38. The molecule has 1 heterocycles. The second-order valence-electron chi connectivity index (χ2n) is 4.97. The molecule has 0 fully saturated rings. The largest absolute Gasteiger partial charge is 0.497 e. The molecule has 0 radical (unpaired) electrons. The van der Waals surface area contributed by atoms with Crippen molar-refractivity contribution in [2.45, 2.75) is 19.3 Å². The van der Waals surface area contributed by atoms with E-state index in [2.05, 4.69) is 23.8 Å². The van der Waals surface area contributed by atoms with Crippen LogP contribution in [0.3, 0.4) is 0 Å². The molecule has 0 aliphatic rings. The van der Waals surface area contributed by atoms with Crippen LogP contribution in [0.2, 0.25) is 0 Å². The van der Waals surface area contributed by atoms with Gasteiger partial charge >= 0.3 is 0 Å². The molecule has 96 valence electrons. The highest BCUT2D eigenvalue weighted by atomic mass is 16.5. The van der Waals surface area contributed by atoms with Gasteiger partial charge in [0.2, 0.25) is 0 Å². The van der Waals surface area contributed by atoms with Crippen molar-refractivity contribution in [3.63, 3.8) is 0 Å². The van der Waals surface area contributed by atoms with Crippen LogP contribution in [0, 0.1) is 0 Å². The molecule has 0 aliphatic carbocycles. The number of nitrogens with two attached hydrogens (primary N) is 1. The molecule has 4 nitrogen and oxygen atoms in total. The van der Waals surface area contributed by atoms with Gasteiger partial charge in [0.25, 0.3) is 0 Å². The summed E-state index contributed by atoms with van der Waals surface area (Å²) in [6.45, 7) is 4.69. The number of aromatic nitrogens is 2. The molecule has 0 unspecified atom stereocenters. The molecule has 2 rings (SSSR count). The Morgan fingerprint density at radius 1 is 1.39 bits per heavy atom. The number of benzene rings is 1. The maximum absolute atomic E-state index is 5.75. The lowest BCUT2D eigenvalue weighted by Gasteiger charge is -2.18. The minimum Gasteiger partial charge on any atom is -0.497 e. The molecular formula is C14H19N3O. The van der Waals surface area contributed by atoms with E-state index in [-0.39, 0.29) is 5.41 Å². The van der Waals surface area contributed by atoms with Gasteiger partial charge in [-0.15, -0.1) is 0 Å². The summed E-state index contributed by atoms with van der Waals surface area (Å²) >= 11 is 0. The third-order valence-corrected chi connectivity index (χ3v) is 3.11. The van der Waals surface area contributed by atoms with Gasteiger partial charge in [-0.25, -0.2) is 4.98 Å². The van der Waals surface area contributed by atoms with Crippen LogP contribution in [0.4, 0.5) is 0 Å². The van der Waals surface area contributed by atoms with Gasteiger partial charge in [0.05, 0.1) is 19.0 Å². The Bertz CT molecular complexity index is 531. The molecule has 3 N–H and O–H groups in total. The molecule has 0 aliphatic heterocycles. The van der Waals surface area contributed by atoms with E-state index in [1.54, 1.807) is 7.11 Å². The monoisotopic (exact) mass is 245 g/mol. The predicted molar refractivity (Wildman–Crippen MR) is 72.7 cm³/mol.